The predicted octanol–water partition coefficient (Wildman–Crippen LogP) is 3.10. The maximum atomic E-state index is 13.4. The first-order chi connectivity index (χ1) is 14.2. The van der Waals surface area contributed by atoms with E-state index >= 15 is 0 Å². The molecule has 7 heteroatoms. The smallest absolute Gasteiger partial charge is 0.255 e. The Balaban J connectivity index is 1.83. The summed E-state index contributed by atoms with van der Waals surface area (Å²) in [6.45, 7) is 1.11. The molecular formula is C22H26N2O4S. The first kappa shape index (κ1) is 21.2. The second-order valence-electron chi connectivity index (χ2n) is 6.69. The SMILES string of the molecule is COCCCNC(=O)C1CSC(c2ccccc2)N1C(=O)c1ccc(OC)cc1. The van der Waals surface area contributed by atoms with Crippen LogP contribution in [0, 0.1) is 0 Å². The molecule has 2 aromatic rings. The van der Waals surface area contributed by atoms with E-state index in [4.69, 9.17) is 9.47 Å². The van der Waals surface area contributed by atoms with Crippen molar-refractivity contribution in [1.82, 2.24) is 10.2 Å². The van der Waals surface area contributed by atoms with E-state index in [9.17, 15) is 9.59 Å². The molecule has 2 unspecified atom stereocenters. The zero-order chi connectivity index (χ0) is 20.6. The minimum absolute atomic E-state index is 0.131. The quantitative estimate of drug-likeness (QED) is 0.673. The summed E-state index contributed by atoms with van der Waals surface area (Å²) in [5.41, 5.74) is 1.54. The Morgan fingerprint density at radius 1 is 1.10 bits per heavy atom. The number of benzene rings is 2. The molecule has 1 fully saturated rings. The number of rotatable bonds is 8. The van der Waals surface area contributed by atoms with Crippen LogP contribution in [-0.4, -0.2) is 55.9 Å². The number of carbonyl (C=O) groups excluding carboxylic acids is 2. The molecule has 0 bridgehead atoms. The summed E-state index contributed by atoms with van der Waals surface area (Å²) < 4.78 is 10.2. The van der Waals surface area contributed by atoms with Gasteiger partial charge in [0.1, 0.15) is 17.2 Å². The number of carbonyl (C=O) groups is 2. The fraction of sp³-hybridized carbons (Fsp3) is 0.364. The molecule has 6 nitrogen and oxygen atoms in total. The highest BCUT2D eigenvalue weighted by atomic mass is 32.2. The van der Waals surface area contributed by atoms with Crippen molar-refractivity contribution in [2.45, 2.75) is 17.8 Å². The summed E-state index contributed by atoms with van der Waals surface area (Å²) in [6.07, 6.45) is 0.733. The summed E-state index contributed by atoms with van der Waals surface area (Å²) in [5.74, 6) is 0.944. The van der Waals surface area contributed by atoms with Crippen LogP contribution >= 0.6 is 11.8 Å². The lowest BCUT2D eigenvalue weighted by Crippen LogP contribution is -2.48. The van der Waals surface area contributed by atoms with Crippen molar-refractivity contribution in [3.05, 3.63) is 65.7 Å². The molecule has 2 atom stereocenters. The fourth-order valence-corrected chi connectivity index (χ4v) is 4.69. The molecule has 29 heavy (non-hydrogen) atoms. The Morgan fingerprint density at radius 2 is 1.83 bits per heavy atom. The van der Waals surface area contributed by atoms with Gasteiger partial charge in [-0.1, -0.05) is 30.3 Å². The van der Waals surface area contributed by atoms with Crippen LogP contribution in [0.3, 0.4) is 0 Å². The van der Waals surface area contributed by atoms with Gasteiger partial charge in [0.05, 0.1) is 7.11 Å². The number of nitrogens with zero attached hydrogens (tertiary/aromatic N) is 1. The normalized spacial score (nSPS) is 18.5. The maximum Gasteiger partial charge on any atom is 0.255 e. The van der Waals surface area contributed by atoms with E-state index in [-0.39, 0.29) is 17.2 Å². The van der Waals surface area contributed by atoms with Gasteiger partial charge in [0.2, 0.25) is 5.91 Å². The monoisotopic (exact) mass is 414 g/mol. The number of thioether (sulfide) groups is 1. The van der Waals surface area contributed by atoms with Gasteiger partial charge in [-0.05, 0) is 36.2 Å². The van der Waals surface area contributed by atoms with Gasteiger partial charge in [-0.15, -0.1) is 11.8 Å². The highest BCUT2D eigenvalue weighted by Crippen LogP contribution is 2.42. The minimum Gasteiger partial charge on any atom is -0.497 e. The molecule has 0 aliphatic carbocycles. The van der Waals surface area contributed by atoms with Crippen molar-refractivity contribution < 1.29 is 19.1 Å². The molecular weight excluding hydrogens is 388 g/mol. The van der Waals surface area contributed by atoms with Gasteiger partial charge < -0.3 is 19.7 Å². The fourth-order valence-electron chi connectivity index (χ4n) is 3.26. The van der Waals surface area contributed by atoms with Gasteiger partial charge >= 0.3 is 0 Å². The van der Waals surface area contributed by atoms with Crippen molar-refractivity contribution in [2.75, 3.05) is 33.1 Å². The topological polar surface area (TPSA) is 67.9 Å². The van der Waals surface area contributed by atoms with Gasteiger partial charge in [-0.25, -0.2) is 0 Å². The molecule has 0 saturated carbocycles. The first-order valence-corrected chi connectivity index (χ1v) is 10.6. The lowest BCUT2D eigenvalue weighted by Gasteiger charge is -2.29. The molecule has 2 amide bonds. The molecule has 3 rings (SSSR count). The maximum absolute atomic E-state index is 13.4. The number of amides is 2. The van der Waals surface area contributed by atoms with Crippen LogP contribution in [0.4, 0.5) is 0 Å². The summed E-state index contributed by atoms with van der Waals surface area (Å²) >= 11 is 1.61. The van der Waals surface area contributed by atoms with Gasteiger partial charge in [0.25, 0.3) is 5.91 Å². The summed E-state index contributed by atoms with van der Waals surface area (Å²) in [7, 11) is 3.22. The first-order valence-electron chi connectivity index (χ1n) is 9.55. The Labute approximate surface area is 175 Å². The highest BCUT2D eigenvalue weighted by molar-refractivity contribution is 7.99. The van der Waals surface area contributed by atoms with Gasteiger partial charge in [-0.3, -0.25) is 9.59 Å². The van der Waals surface area contributed by atoms with Crippen LogP contribution in [0.2, 0.25) is 0 Å². The molecule has 1 aliphatic rings. The molecule has 1 heterocycles. The second-order valence-corrected chi connectivity index (χ2v) is 7.80. The zero-order valence-corrected chi connectivity index (χ0v) is 17.5. The molecule has 0 aromatic heterocycles. The standard InChI is InChI=1S/C22H26N2O4S/c1-27-14-6-13-23-20(25)19-15-29-22(17-7-4-3-5-8-17)24(19)21(26)16-9-11-18(28-2)12-10-16/h3-5,7-12,19,22H,6,13-15H2,1-2H3,(H,23,25). The second kappa shape index (κ2) is 10.3. The molecule has 0 spiro atoms. The Kier molecular flexibility index (Phi) is 7.55. The van der Waals surface area contributed by atoms with Crippen LogP contribution in [0.1, 0.15) is 27.7 Å². The summed E-state index contributed by atoms with van der Waals surface area (Å²) in [4.78, 5) is 27.9. The summed E-state index contributed by atoms with van der Waals surface area (Å²) in [6, 6.07) is 16.3. The molecule has 1 aliphatic heterocycles. The third-order valence-corrected chi connectivity index (χ3v) is 6.11. The van der Waals surface area contributed by atoms with E-state index in [1.165, 1.54) is 0 Å². The van der Waals surface area contributed by atoms with E-state index < -0.39 is 6.04 Å². The predicted molar refractivity (Wildman–Crippen MR) is 114 cm³/mol. The van der Waals surface area contributed by atoms with E-state index in [1.54, 1.807) is 55.1 Å². The highest BCUT2D eigenvalue weighted by Gasteiger charge is 2.42. The van der Waals surface area contributed by atoms with Crippen molar-refractivity contribution >= 4 is 23.6 Å². The van der Waals surface area contributed by atoms with E-state index in [1.807, 2.05) is 30.3 Å². The van der Waals surface area contributed by atoms with Crippen LogP contribution < -0.4 is 10.1 Å². The Bertz CT molecular complexity index is 813. The number of methoxy groups -OCH3 is 2. The van der Waals surface area contributed by atoms with Crippen molar-refractivity contribution in [2.24, 2.45) is 0 Å². The van der Waals surface area contributed by atoms with Crippen LogP contribution in [-0.2, 0) is 9.53 Å². The van der Waals surface area contributed by atoms with Crippen LogP contribution in [0.5, 0.6) is 5.75 Å². The summed E-state index contributed by atoms with van der Waals surface area (Å²) in [5, 5.41) is 2.73. The number of hydrogen-bond donors (Lipinski definition) is 1. The van der Waals surface area contributed by atoms with Gasteiger partial charge in [0.15, 0.2) is 0 Å². The zero-order valence-electron chi connectivity index (χ0n) is 16.7. The minimum atomic E-state index is -0.526. The van der Waals surface area contributed by atoms with Crippen molar-refractivity contribution in [3.8, 4) is 5.75 Å². The lowest BCUT2D eigenvalue weighted by atomic mass is 10.1. The van der Waals surface area contributed by atoms with Gasteiger partial charge in [0, 0.05) is 31.6 Å². The molecule has 0 radical (unpaired) electrons. The number of ether oxygens (including phenoxy) is 2. The lowest BCUT2D eigenvalue weighted by molar-refractivity contribution is -0.124. The Hall–Kier alpha value is -2.51. The van der Waals surface area contributed by atoms with Crippen LogP contribution in [0.15, 0.2) is 54.6 Å². The average molecular weight is 415 g/mol. The number of nitrogens with one attached hydrogen (secondary N) is 1. The average Bonchev–Trinajstić information content (AvgIpc) is 3.22. The van der Waals surface area contributed by atoms with Gasteiger partial charge in [-0.2, -0.15) is 0 Å². The Morgan fingerprint density at radius 3 is 2.48 bits per heavy atom. The van der Waals surface area contributed by atoms with Crippen molar-refractivity contribution in [3.63, 3.8) is 0 Å². The van der Waals surface area contributed by atoms with E-state index in [0.29, 0.717) is 30.2 Å². The number of hydrogen-bond acceptors (Lipinski definition) is 5. The van der Waals surface area contributed by atoms with E-state index in [0.717, 1.165) is 12.0 Å². The molecule has 1 N–H and O–H groups in total. The molecule has 154 valence electrons. The third kappa shape index (κ3) is 5.10. The third-order valence-electron chi connectivity index (χ3n) is 4.78. The van der Waals surface area contributed by atoms with Crippen molar-refractivity contribution in [1.29, 1.82) is 0 Å². The largest absolute Gasteiger partial charge is 0.497 e. The molecule has 1 saturated heterocycles. The molecule has 2 aromatic carbocycles. The van der Waals surface area contributed by atoms with E-state index in [2.05, 4.69) is 5.32 Å². The van der Waals surface area contributed by atoms with Crippen LogP contribution in [0.25, 0.3) is 0 Å².